The molecule has 5 rings (SSSR count). The smallest absolute Gasteiger partial charge is 0.244 e. The molecular formula is C29H37N3O7S2. The van der Waals surface area contributed by atoms with Gasteiger partial charge in [-0.25, -0.2) is 16.8 Å². The molecule has 12 heteroatoms. The summed E-state index contributed by atoms with van der Waals surface area (Å²) < 4.78 is 64.8. The molecule has 3 heterocycles. The van der Waals surface area contributed by atoms with Gasteiger partial charge < -0.3 is 19.9 Å². The van der Waals surface area contributed by atoms with E-state index in [1.165, 1.54) is 22.6 Å². The number of sulfone groups is 1. The molecule has 2 aliphatic heterocycles. The molecule has 3 aromatic rings. The molecule has 1 aromatic heterocycles. The van der Waals surface area contributed by atoms with Crippen molar-refractivity contribution < 1.29 is 31.4 Å². The lowest BCUT2D eigenvalue weighted by molar-refractivity contribution is -0.0312. The molecule has 10 nitrogen and oxygen atoms in total. The van der Waals surface area contributed by atoms with Crippen molar-refractivity contribution in [1.82, 2.24) is 14.6 Å². The van der Waals surface area contributed by atoms with Crippen LogP contribution in [-0.4, -0.2) is 87.1 Å². The standard InChI is InChI=1S/C29H37N3O7S2/c1-21(2)40(34,35)26-8-5-7-25(15-26)38-20-24(33)17-30-23-16-29(39-19-23)10-12-32(13-11-29)41(36,37)27-14-22-6-3-4-9-28(22)31-18-27/h3-9,14-15,18,21,23-24,30,33H,10-13,16-17,19-20H2,1-2H3/t23-,24+/m1/s1. The van der Waals surface area contributed by atoms with Crippen molar-refractivity contribution in [2.24, 2.45) is 0 Å². The number of pyridine rings is 1. The highest BCUT2D eigenvalue weighted by Crippen LogP contribution is 2.37. The second-order valence-electron chi connectivity index (χ2n) is 11.1. The van der Waals surface area contributed by atoms with E-state index in [0.29, 0.717) is 38.3 Å². The summed E-state index contributed by atoms with van der Waals surface area (Å²) in [6.07, 6.45) is 2.52. The van der Waals surface area contributed by atoms with E-state index in [-0.39, 0.29) is 29.0 Å². The quantitative estimate of drug-likeness (QED) is 0.359. The van der Waals surface area contributed by atoms with Crippen molar-refractivity contribution >= 4 is 30.8 Å². The maximum atomic E-state index is 13.3. The van der Waals surface area contributed by atoms with Crippen LogP contribution in [0.3, 0.4) is 0 Å². The lowest BCUT2D eigenvalue weighted by Gasteiger charge is -2.38. The molecule has 2 fully saturated rings. The monoisotopic (exact) mass is 603 g/mol. The molecule has 2 saturated heterocycles. The van der Waals surface area contributed by atoms with Crippen LogP contribution in [0.15, 0.2) is 70.6 Å². The van der Waals surface area contributed by atoms with Crippen molar-refractivity contribution in [3.63, 3.8) is 0 Å². The van der Waals surface area contributed by atoms with Gasteiger partial charge in [-0.2, -0.15) is 4.31 Å². The van der Waals surface area contributed by atoms with E-state index in [0.717, 1.165) is 17.3 Å². The molecule has 0 aliphatic carbocycles. The van der Waals surface area contributed by atoms with Crippen LogP contribution in [0, 0.1) is 0 Å². The molecule has 2 aliphatic rings. The number of nitrogens with one attached hydrogen (secondary N) is 1. The first-order chi connectivity index (χ1) is 19.5. The van der Waals surface area contributed by atoms with Crippen LogP contribution in [0.25, 0.3) is 10.9 Å². The molecule has 222 valence electrons. The average molecular weight is 604 g/mol. The number of nitrogens with zero attached hydrogens (tertiary/aromatic N) is 2. The molecule has 2 aromatic carbocycles. The number of fused-ring (bicyclic) bond motifs is 1. The Labute approximate surface area is 241 Å². The van der Waals surface area contributed by atoms with Crippen molar-refractivity contribution in [3.05, 3.63) is 60.8 Å². The molecular weight excluding hydrogens is 566 g/mol. The van der Waals surface area contributed by atoms with Gasteiger partial charge in [0.15, 0.2) is 9.84 Å². The molecule has 1 spiro atoms. The first-order valence-electron chi connectivity index (χ1n) is 13.9. The Kier molecular flexibility index (Phi) is 8.70. The fraction of sp³-hybridized carbons (Fsp3) is 0.483. The number of para-hydroxylation sites is 1. The minimum absolute atomic E-state index is 0.00729. The first-order valence-corrected chi connectivity index (χ1v) is 16.8. The minimum atomic E-state index is -3.66. The summed E-state index contributed by atoms with van der Waals surface area (Å²) in [5.74, 6) is 0.384. The largest absolute Gasteiger partial charge is 0.491 e. The Balaban J connectivity index is 1.09. The third-order valence-electron chi connectivity index (χ3n) is 7.89. The summed E-state index contributed by atoms with van der Waals surface area (Å²) in [5, 5.41) is 14.0. The number of aromatic nitrogens is 1. The lowest BCUT2D eigenvalue weighted by Crippen LogP contribution is -2.47. The van der Waals surface area contributed by atoms with Crippen LogP contribution in [0.5, 0.6) is 5.75 Å². The van der Waals surface area contributed by atoms with E-state index in [2.05, 4.69) is 10.3 Å². The number of aliphatic hydroxyl groups is 1. The minimum Gasteiger partial charge on any atom is -0.491 e. The number of ether oxygens (including phenoxy) is 2. The highest BCUT2D eigenvalue weighted by Gasteiger charge is 2.44. The summed E-state index contributed by atoms with van der Waals surface area (Å²) in [7, 11) is -7.07. The van der Waals surface area contributed by atoms with E-state index in [1.54, 1.807) is 32.0 Å². The fourth-order valence-corrected chi connectivity index (χ4v) is 7.88. The Morgan fingerprint density at radius 3 is 2.59 bits per heavy atom. The summed E-state index contributed by atoms with van der Waals surface area (Å²) in [5.41, 5.74) is 0.361. The normalized spacial score (nSPS) is 20.5. The number of hydrogen-bond acceptors (Lipinski definition) is 9. The van der Waals surface area contributed by atoms with Crippen LogP contribution in [0.1, 0.15) is 33.1 Å². The van der Waals surface area contributed by atoms with E-state index >= 15 is 0 Å². The van der Waals surface area contributed by atoms with Crippen LogP contribution in [0.4, 0.5) is 0 Å². The SMILES string of the molecule is CC(C)S(=O)(=O)c1cccc(OC[C@@H](O)CN[C@H]2COC3(CCN(S(=O)(=O)c4cnc5ccccc5c4)CC3)C2)c1. The third kappa shape index (κ3) is 6.58. The summed E-state index contributed by atoms with van der Waals surface area (Å²) in [6, 6.07) is 15.4. The maximum Gasteiger partial charge on any atom is 0.244 e. The Hall–Kier alpha value is -2.61. The van der Waals surface area contributed by atoms with E-state index < -0.39 is 36.8 Å². The topological polar surface area (TPSA) is 135 Å². The van der Waals surface area contributed by atoms with Crippen LogP contribution in [0.2, 0.25) is 0 Å². The van der Waals surface area contributed by atoms with Crippen LogP contribution >= 0.6 is 0 Å². The number of sulfonamides is 1. The van der Waals surface area contributed by atoms with Gasteiger partial charge in [-0.3, -0.25) is 4.98 Å². The van der Waals surface area contributed by atoms with Gasteiger partial charge in [0, 0.05) is 37.3 Å². The van der Waals surface area contributed by atoms with E-state index in [4.69, 9.17) is 9.47 Å². The second-order valence-corrected chi connectivity index (χ2v) is 15.5. The molecule has 0 unspecified atom stereocenters. The Bertz CT molecular complexity index is 1590. The average Bonchev–Trinajstić information content (AvgIpc) is 3.37. The predicted molar refractivity (Wildman–Crippen MR) is 155 cm³/mol. The molecule has 0 amide bonds. The Morgan fingerprint density at radius 2 is 1.83 bits per heavy atom. The predicted octanol–water partition coefficient (Wildman–Crippen LogP) is 2.76. The van der Waals surface area contributed by atoms with Crippen molar-refractivity contribution in [1.29, 1.82) is 0 Å². The summed E-state index contributed by atoms with van der Waals surface area (Å²) in [4.78, 5) is 4.71. The van der Waals surface area contributed by atoms with Crippen LogP contribution < -0.4 is 10.1 Å². The third-order valence-corrected chi connectivity index (χ3v) is 11.9. The maximum absolute atomic E-state index is 13.3. The molecule has 2 atom stereocenters. The van der Waals surface area contributed by atoms with Gasteiger partial charge in [-0.05, 0) is 63.4 Å². The molecule has 2 N–H and O–H groups in total. The van der Waals surface area contributed by atoms with E-state index in [9.17, 15) is 21.9 Å². The van der Waals surface area contributed by atoms with Crippen LogP contribution in [-0.2, 0) is 24.6 Å². The molecule has 0 radical (unpaired) electrons. The zero-order valence-electron chi connectivity index (χ0n) is 23.3. The zero-order valence-corrected chi connectivity index (χ0v) is 24.9. The number of hydrogen-bond donors (Lipinski definition) is 2. The number of piperidine rings is 1. The molecule has 41 heavy (non-hydrogen) atoms. The number of benzene rings is 2. The fourth-order valence-electron chi connectivity index (χ4n) is 5.37. The zero-order chi connectivity index (χ0) is 29.3. The second kappa shape index (κ2) is 11.9. The molecule has 0 saturated carbocycles. The van der Waals surface area contributed by atoms with E-state index in [1.807, 2.05) is 24.3 Å². The van der Waals surface area contributed by atoms with Gasteiger partial charge in [0.25, 0.3) is 0 Å². The van der Waals surface area contributed by atoms with Crippen molar-refractivity contribution in [2.45, 2.75) is 65.9 Å². The van der Waals surface area contributed by atoms with Gasteiger partial charge >= 0.3 is 0 Å². The number of aliphatic hydroxyl groups excluding tert-OH is 1. The Morgan fingerprint density at radius 1 is 1.07 bits per heavy atom. The van der Waals surface area contributed by atoms with Crippen molar-refractivity contribution in [2.75, 3.05) is 32.8 Å². The van der Waals surface area contributed by atoms with Gasteiger partial charge in [0.05, 0.1) is 27.9 Å². The first kappa shape index (κ1) is 29.9. The summed E-state index contributed by atoms with van der Waals surface area (Å²) in [6.45, 7) is 4.75. The highest BCUT2D eigenvalue weighted by atomic mass is 32.2. The van der Waals surface area contributed by atoms with Gasteiger partial charge in [-0.1, -0.05) is 24.3 Å². The van der Waals surface area contributed by atoms with Gasteiger partial charge in [0.1, 0.15) is 23.4 Å². The lowest BCUT2D eigenvalue weighted by atomic mass is 9.88. The highest BCUT2D eigenvalue weighted by molar-refractivity contribution is 7.92. The molecule has 0 bridgehead atoms. The number of rotatable bonds is 10. The van der Waals surface area contributed by atoms with Crippen molar-refractivity contribution in [3.8, 4) is 5.75 Å². The van der Waals surface area contributed by atoms with Gasteiger partial charge in [0.2, 0.25) is 10.0 Å². The van der Waals surface area contributed by atoms with Gasteiger partial charge in [-0.15, -0.1) is 0 Å². The summed E-state index contributed by atoms with van der Waals surface area (Å²) >= 11 is 0.